The normalized spacial score (nSPS) is 14.2. The van der Waals surface area contributed by atoms with Crippen molar-refractivity contribution in [1.82, 2.24) is 9.88 Å². The van der Waals surface area contributed by atoms with E-state index in [-0.39, 0.29) is 6.61 Å². The topological polar surface area (TPSA) is 45.6 Å². The van der Waals surface area contributed by atoms with Crippen LogP contribution in [0.5, 0.6) is 10.9 Å². The first-order valence-electron chi connectivity index (χ1n) is 9.26. The number of aromatic nitrogens is 1. The van der Waals surface area contributed by atoms with Crippen LogP contribution in [0.15, 0.2) is 48.5 Å². The van der Waals surface area contributed by atoms with Gasteiger partial charge in [-0.25, -0.2) is 4.98 Å². The van der Waals surface area contributed by atoms with Crippen molar-refractivity contribution in [3.63, 3.8) is 0 Å². The highest BCUT2D eigenvalue weighted by atomic mass is 32.1. The van der Waals surface area contributed by atoms with Crippen LogP contribution in [0.4, 0.5) is 0 Å². The first kappa shape index (κ1) is 17.5. The number of fused-ring (bicyclic) bond motifs is 1. The molecule has 0 spiro atoms. The van der Waals surface area contributed by atoms with Gasteiger partial charge in [0.25, 0.3) is 5.19 Å². The lowest BCUT2D eigenvalue weighted by Gasteiger charge is -2.21. The molecule has 4 nitrogen and oxygen atoms in total. The molecule has 1 aliphatic rings. The molecule has 0 aliphatic heterocycles. The Balaban J connectivity index is 1.33. The maximum atomic E-state index is 9.23. The minimum atomic E-state index is 0.238. The molecule has 0 bridgehead atoms. The zero-order valence-electron chi connectivity index (χ0n) is 14.8. The predicted molar refractivity (Wildman–Crippen MR) is 106 cm³/mol. The molecule has 1 aromatic heterocycles. The van der Waals surface area contributed by atoms with Crippen LogP contribution < -0.4 is 4.74 Å². The average Bonchev–Trinajstić information content (AvgIpc) is 3.38. The second kappa shape index (κ2) is 8.16. The smallest absolute Gasteiger partial charge is 0.279 e. The summed E-state index contributed by atoms with van der Waals surface area (Å²) in [6, 6.07) is 16.3. The third kappa shape index (κ3) is 4.61. The van der Waals surface area contributed by atoms with Crippen molar-refractivity contribution < 1.29 is 9.84 Å². The van der Waals surface area contributed by atoms with Crippen LogP contribution >= 0.6 is 11.3 Å². The molecule has 0 amide bonds. The average molecular weight is 369 g/mol. The van der Waals surface area contributed by atoms with Gasteiger partial charge in [0.15, 0.2) is 0 Å². The molecule has 1 saturated carbocycles. The largest absolute Gasteiger partial charge is 0.431 e. The second-order valence-electron chi connectivity index (χ2n) is 6.91. The molecule has 1 heterocycles. The van der Waals surface area contributed by atoms with E-state index in [2.05, 4.69) is 28.1 Å². The van der Waals surface area contributed by atoms with E-state index in [0.717, 1.165) is 47.9 Å². The van der Waals surface area contributed by atoms with Crippen molar-refractivity contribution in [3.05, 3.63) is 54.1 Å². The Kier molecular flexibility index (Phi) is 5.48. The standard InChI is InChI=1S/C21H24N2O2S/c24-14-13-23(15-17-5-6-17)12-11-16-7-9-18(10-8-16)25-21-22-19-3-1-2-4-20(19)26-21/h1-4,7-10,17,24H,5-6,11-15H2. The summed E-state index contributed by atoms with van der Waals surface area (Å²) in [5.41, 5.74) is 2.27. The van der Waals surface area contributed by atoms with Gasteiger partial charge in [0.1, 0.15) is 5.75 Å². The number of rotatable bonds is 9. The van der Waals surface area contributed by atoms with Crippen LogP contribution in [-0.2, 0) is 6.42 Å². The third-order valence-electron chi connectivity index (χ3n) is 4.75. The molecule has 26 heavy (non-hydrogen) atoms. The van der Waals surface area contributed by atoms with Gasteiger partial charge in [-0.15, -0.1) is 0 Å². The Morgan fingerprint density at radius 3 is 2.62 bits per heavy atom. The fourth-order valence-corrected chi connectivity index (χ4v) is 3.94. The van der Waals surface area contributed by atoms with Crippen LogP contribution in [0.25, 0.3) is 10.2 Å². The lowest BCUT2D eigenvalue weighted by Crippen LogP contribution is -2.31. The summed E-state index contributed by atoms with van der Waals surface area (Å²) in [5, 5.41) is 9.91. The van der Waals surface area contributed by atoms with Gasteiger partial charge < -0.3 is 14.7 Å². The van der Waals surface area contributed by atoms with Crippen molar-refractivity contribution in [2.75, 3.05) is 26.2 Å². The Morgan fingerprint density at radius 1 is 1.08 bits per heavy atom. The number of aliphatic hydroxyl groups excluding tert-OH is 1. The summed E-state index contributed by atoms with van der Waals surface area (Å²) in [6.07, 6.45) is 3.69. The Morgan fingerprint density at radius 2 is 1.88 bits per heavy atom. The van der Waals surface area contributed by atoms with Gasteiger partial charge in [-0.2, -0.15) is 0 Å². The summed E-state index contributed by atoms with van der Waals surface area (Å²) in [6.45, 7) is 3.13. The van der Waals surface area contributed by atoms with Crippen LogP contribution in [0.3, 0.4) is 0 Å². The van der Waals surface area contributed by atoms with E-state index >= 15 is 0 Å². The zero-order chi connectivity index (χ0) is 17.8. The van der Waals surface area contributed by atoms with Crippen LogP contribution in [0.2, 0.25) is 0 Å². The van der Waals surface area contributed by atoms with E-state index in [1.807, 2.05) is 30.3 Å². The number of ether oxygens (including phenoxy) is 1. The molecular weight excluding hydrogens is 344 g/mol. The maximum absolute atomic E-state index is 9.23. The fourth-order valence-electron chi connectivity index (χ4n) is 3.11. The first-order chi connectivity index (χ1) is 12.8. The number of benzene rings is 2. The Labute approximate surface area is 158 Å². The highest BCUT2D eigenvalue weighted by Gasteiger charge is 2.23. The van der Waals surface area contributed by atoms with Gasteiger partial charge in [-0.05, 0) is 55.0 Å². The van der Waals surface area contributed by atoms with E-state index in [1.54, 1.807) is 11.3 Å². The summed E-state index contributed by atoms with van der Waals surface area (Å²) < 4.78 is 7.05. The molecule has 0 radical (unpaired) electrons. The Bertz CT molecular complexity index is 810. The Hall–Kier alpha value is -1.95. The van der Waals surface area contributed by atoms with Gasteiger partial charge >= 0.3 is 0 Å². The quantitative estimate of drug-likeness (QED) is 0.610. The van der Waals surface area contributed by atoms with Crippen molar-refractivity contribution in [2.24, 2.45) is 5.92 Å². The van der Waals surface area contributed by atoms with E-state index in [4.69, 9.17) is 4.74 Å². The monoisotopic (exact) mass is 368 g/mol. The fraction of sp³-hybridized carbons (Fsp3) is 0.381. The maximum Gasteiger partial charge on any atom is 0.279 e. The summed E-state index contributed by atoms with van der Waals surface area (Å²) in [4.78, 5) is 6.89. The van der Waals surface area contributed by atoms with Gasteiger partial charge in [0.2, 0.25) is 0 Å². The summed E-state index contributed by atoms with van der Waals surface area (Å²) >= 11 is 1.56. The van der Waals surface area contributed by atoms with E-state index in [0.29, 0.717) is 5.19 Å². The number of hydrogen-bond donors (Lipinski definition) is 1. The number of hydrogen-bond acceptors (Lipinski definition) is 5. The first-order valence-corrected chi connectivity index (χ1v) is 10.1. The minimum Gasteiger partial charge on any atom is -0.431 e. The molecule has 3 aromatic rings. The molecule has 1 N–H and O–H groups in total. The molecule has 136 valence electrons. The lowest BCUT2D eigenvalue weighted by atomic mass is 10.1. The van der Waals surface area contributed by atoms with Crippen molar-refractivity contribution in [1.29, 1.82) is 0 Å². The van der Waals surface area contributed by atoms with Crippen molar-refractivity contribution in [2.45, 2.75) is 19.3 Å². The molecule has 0 saturated heterocycles. The number of aliphatic hydroxyl groups is 1. The van der Waals surface area contributed by atoms with Gasteiger partial charge in [-0.3, -0.25) is 0 Å². The molecule has 0 atom stereocenters. The van der Waals surface area contributed by atoms with Gasteiger partial charge in [-0.1, -0.05) is 35.6 Å². The molecular formula is C21H24N2O2S. The van der Waals surface area contributed by atoms with E-state index in [9.17, 15) is 5.11 Å². The molecule has 1 aliphatic carbocycles. The summed E-state index contributed by atoms with van der Waals surface area (Å²) in [5.74, 6) is 1.67. The number of para-hydroxylation sites is 1. The number of thiazole rings is 1. The highest BCUT2D eigenvalue weighted by Crippen LogP contribution is 2.31. The molecule has 4 rings (SSSR count). The van der Waals surface area contributed by atoms with Crippen LogP contribution in [0, 0.1) is 5.92 Å². The molecule has 0 unspecified atom stereocenters. The van der Waals surface area contributed by atoms with Gasteiger partial charge in [0.05, 0.1) is 16.8 Å². The third-order valence-corrected chi connectivity index (χ3v) is 5.66. The highest BCUT2D eigenvalue weighted by molar-refractivity contribution is 7.20. The van der Waals surface area contributed by atoms with Crippen molar-refractivity contribution >= 4 is 21.6 Å². The number of nitrogens with zero attached hydrogens (tertiary/aromatic N) is 2. The lowest BCUT2D eigenvalue weighted by molar-refractivity contribution is 0.192. The van der Waals surface area contributed by atoms with Crippen LogP contribution in [-0.4, -0.2) is 41.2 Å². The SMILES string of the molecule is OCCN(CCc1ccc(Oc2nc3ccccc3s2)cc1)CC1CC1. The zero-order valence-corrected chi connectivity index (χ0v) is 15.6. The molecule has 5 heteroatoms. The summed E-state index contributed by atoms with van der Waals surface area (Å²) in [7, 11) is 0. The molecule has 1 fully saturated rings. The van der Waals surface area contributed by atoms with E-state index < -0.39 is 0 Å². The minimum absolute atomic E-state index is 0.238. The van der Waals surface area contributed by atoms with Crippen LogP contribution in [0.1, 0.15) is 18.4 Å². The van der Waals surface area contributed by atoms with E-state index in [1.165, 1.54) is 18.4 Å². The predicted octanol–water partition coefficient (Wildman–Crippen LogP) is 4.34. The van der Waals surface area contributed by atoms with Crippen molar-refractivity contribution in [3.8, 4) is 10.9 Å². The van der Waals surface area contributed by atoms with Gasteiger partial charge in [0, 0.05) is 19.6 Å². The molecule has 2 aromatic carbocycles. The second-order valence-corrected chi connectivity index (χ2v) is 7.90.